The van der Waals surface area contributed by atoms with Crippen LogP contribution in [0.5, 0.6) is 5.75 Å². The average molecular weight is 582 g/mol. The quantitative estimate of drug-likeness (QED) is 0.258. The molecule has 40 heavy (non-hydrogen) atoms. The van der Waals surface area contributed by atoms with Gasteiger partial charge in [0.1, 0.15) is 23.4 Å². The highest BCUT2D eigenvalue weighted by Gasteiger charge is 2.35. The predicted octanol–water partition coefficient (Wildman–Crippen LogP) is 6.86. The second-order valence-electron chi connectivity index (χ2n) is 9.60. The first-order chi connectivity index (χ1) is 19.2. The number of carboxylic acid groups (broad SMARTS) is 1. The first-order valence-corrected chi connectivity index (χ1v) is 13.6. The van der Waals surface area contributed by atoms with Crippen molar-refractivity contribution in [3.63, 3.8) is 0 Å². The lowest BCUT2D eigenvalue weighted by Crippen LogP contribution is -2.42. The van der Waals surface area contributed by atoms with Crippen molar-refractivity contribution in [2.75, 3.05) is 13.1 Å². The predicted molar refractivity (Wildman–Crippen MR) is 151 cm³/mol. The number of hydrogen-bond donors (Lipinski definition) is 1. The Morgan fingerprint density at radius 2 is 1.57 bits per heavy atom. The monoisotopic (exact) mass is 581 g/mol. The molecule has 0 spiro atoms. The van der Waals surface area contributed by atoms with Gasteiger partial charge in [0.05, 0.1) is 11.6 Å². The van der Waals surface area contributed by atoms with Crippen LogP contribution in [0.15, 0.2) is 72.8 Å². The van der Waals surface area contributed by atoms with Gasteiger partial charge in [0.2, 0.25) is 0 Å². The smallest absolute Gasteiger partial charge is 0.310 e. The van der Waals surface area contributed by atoms with E-state index < -0.39 is 23.6 Å². The van der Waals surface area contributed by atoms with Crippen LogP contribution < -0.4 is 4.74 Å². The van der Waals surface area contributed by atoms with Gasteiger partial charge in [-0.15, -0.1) is 0 Å². The molecule has 0 aliphatic carbocycles. The number of nitrogens with zero attached hydrogens (tertiary/aromatic N) is 3. The van der Waals surface area contributed by atoms with Crippen LogP contribution in [0.1, 0.15) is 41.7 Å². The molecule has 1 aliphatic heterocycles. The fourth-order valence-corrected chi connectivity index (χ4v) is 5.09. The molecule has 5 rings (SSSR count). The second kappa shape index (κ2) is 11.7. The maximum absolute atomic E-state index is 15.0. The number of benzene rings is 3. The van der Waals surface area contributed by atoms with Crippen molar-refractivity contribution in [1.82, 2.24) is 14.7 Å². The van der Waals surface area contributed by atoms with E-state index in [4.69, 9.17) is 27.9 Å². The highest BCUT2D eigenvalue weighted by atomic mass is 35.5. The number of amides is 1. The van der Waals surface area contributed by atoms with Gasteiger partial charge in [0, 0.05) is 47.1 Å². The summed E-state index contributed by atoms with van der Waals surface area (Å²) in [5.41, 5.74) is 1.15. The molecule has 7 nitrogen and oxygen atoms in total. The minimum Gasteiger partial charge on any atom is -0.490 e. The van der Waals surface area contributed by atoms with E-state index in [1.165, 1.54) is 23.7 Å². The minimum atomic E-state index is -1.13. The van der Waals surface area contributed by atoms with Gasteiger partial charge in [-0.1, -0.05) is 47.5 Å². The molecule has 10 heteroatoms. The van der Waals surface area contributed by atoms with Gasteiger partial charge >= 0.3 is 5.97 Å². The van der Waals surface area contributed by atoms with Crippen molar-refractivity contribution in [2.45, 2.75) is 31.8 Å². The Balaban J connectivity index is 1.52. The molecule has 1 aromatic heterocycles. The summed E-state index contributed by atoms with van der Waals surface area (Å²) in [5, 5.41) is 15.7. The highest BCUT2D eigenvalue weighted by molar-refractivity contribution is 6.30. The molecule has 0 bridgehead atoms. The normalized spacial score (nSPS) is 14.7. The van der Waals surface area contributed by atoms with Crippen molar-refractivity contribution < 1.29 is 23.8 Å². The van der Waals surface area contributed by atoms with Crippen molar-refractivity contribution in [1.29, 1.82) is 0 Å². The van der Waals surface area contributed by atoms with E-state index in [0.717, 1.165) is 0 Å². The largest absolute Gasteiger partial charge is 0.490 e. The molecule has 4 aromatic rings. The van der Waals surface area contributed by atoms with Gasteiger partial charge in [-0.2, -0.15) is 5.10 Å². The molecule has 3 aromatic carbocycles. The van der Waals surface area contributed by atoms with Crippen LogP contribution in [-0.4, -0.2) is 50.9 Å². The van der Waals surface area contributed by atoms with Gasteiger partial charge in [-0.25, -0.2) is 9.07 Å². The SMILES string of the molecule is CC(C(=O)O)c1c(C(=O)N2CCC(Oc3ccc(Cl)cc3)CC2)nn(-c2ccccc2F)c1-c1ccc(Cl)cc1. The third-order valence-corrected chi connectivity index (χ3v) is 7.48. The van der Waals surface area contributed by atoms with Crippen LogP contribution in [0.25, 0.3) is 16.9 Å². The Morgan fingerprint density at radius 1 is 0.975 bits per heavy atom. The van der Waals surface area contributed by atoms with Crippen LogP contribution in [0, 0.1) is 5.82 Å². The minimum absolute atomic E-state index is 0.0276. The number of carboxylic acids is 1. The number of carbonyl (C=O) groups excluding carboxylic acids is 1. The number of aliphatic carboxylic acids is 1. The van der Waals surface area contributed by atoms with E-state index in [1.807, 2.05) is 0 Å². The van der Waals surface area contributed by atoms with Gasteiger partial charge in [0.25, 0.3) is 5.91 Å². The molecule has 1 aliphatic rings. The summed E-state index contributed by atoms with van der Waals surface area (Å²) in [5.74, 6) is -2.52. The molecule has 2 heterocycles. The number of para-hydroxylation sites is 1. The number of ether oxygens (including phenoxy) is 1. The van der Waals surface area contributed by atoms with Gasteiger partial charge < -0.3 is 14.7 Å². The maximum atomic E-state index is 15.0. The van der Waals surface area contributed by atoms with E-state index in [0.29, 0.717) is 53.0 Å². The van der Waals surface area contributed by atoms with Crippen LogP contribution >= 0.6 is 23.2 Å². The van der Waals surface area contributed by atoms with Gasteiger partial charge in [0.15, 0.2) is 5.69 Å². The summed E-state index contributed by atoms with van der Waals surface area (Å²) in [6.07, 6.45) is 1.06. The molecule has 1 saturated heterocycles. The summed E-state index contributed by atoms with van der Waals surface area (Å²) in [6.45, 7) is 2.27. The Labute approximate surface area is 240 Å². The van der Waals surface area contributed by atoms with Crippen molar-refractivity contribution in [3.05, 3.63) is 99.9 Å². The molecule has 1 amide bonds. The van der Waals surface area contributed by atoms with Crippen molar-refractivity contribution in [3.8, 4) is 22.7 Å². The molecule has 1 N–H and O–H groups in total. The fourth-order valence-electron chi connectivity index (χ4n) is 4.84. The molecular weight excluding hydrogens is 556 g/mol. The molecule has 1 atom stereocenters. The van der Waals surface area contributed by atoms with Crippen molar-refractivity contribution >= 4 is 35.1 Å². The standard InChI is InChI=1S/C30H26Cl2FN3O4/c1-18(30(38)39)26-27(29(37)35-16-14-23(15-17-35)40-22-12-10-21(32)11-13-22)34-36(25-5-3-2-4-24(25)33)28(26)19-6-8-20(31)9-7-19/h2-13,18,23H,14-17H2,1H3,(H,38,39). The number of aromatic nitrogens is 2. The first kappa shape index (κ1) is 27.7. The lowest BCUT2D eigenvalue weighted by molar-refractivity contribution is -0.138. The van der Waals surface area contributed by atoms with Gasteiger partial charge in [-0.3, -0.25) is 9.59 Å². The van der Waals surface area contributed by atoms with E-state index in [2.05, 4.69) is 5.10 Å². The molecule has 0 saturated carbocycles. The zero-order chi connectivity index (χ0) is 28.4. The number of hydrogen-bond acceptors (Lipinski definition) is 4. The van der Waals surface area contributed by atoms with Crippen LogP contribution in [0.3, 0.4) is 0 Å². The third kappa shape index (κ3) is 5.69. The van der Waals surface area contributed by atoms with Gasteiger partial charge in [-0.05, 0) is 55.5 Å². The molecule has 0 radical (unpaired) electrons. The molecule has 1 unspecified atom stereocenters. The maximum Gasteiger partial charge on any atom is 0.310 e. The number of likely N-dealkylation sites (tertiary alicyclic amines) is 1. The highest BCUT2D eigenvalue weighted by Crippen LogP contribution is 2.36. The lowest BCUT2D eigenvalue weighted by atomic mass is 9.94. The van der Waals surface area contributed by atoms with Crippen molar-refractivity contribution in [2.24, 2.45) is 0 Å². The average Bonchev–Trinajstić information content (AvgIpc) is 3.34. The number of piperidine rings is 1. The Kier molecular flexibility index (Phi) is 8.09. The zero-order valence-corrected chi connectivity index (χ0v) is 23.1. The summed E-state index contributed by atoms with van der Waals surface area (Å²) in [7, 11) is 0. The topological polar surface area (TPSA) is 84.7 Å². The molecule has 1 fully saturated rings. The summed E-state index contributed by atoms with van der Waals surface area (Å²) in [6, 6.07) is 19.8. The number of carbonyl (C=O) groups is 2. The summed E-state index contributed by atoms with van der Waals surface area (Å²) in [4.78, 5) is 27.8. The van der Waals surface area contributed by atoms with Crippen LogP contribution in [-0.2, 0) is 4.79 Å². The zero-order valence-electron chi connectivity index (χ0n) is 21.6. The lowest BCUT2D eigenvalue weighted by Gasteiger charge is -2.32. The number of halogens is 3. The van der Waals surface area contributed by atoms with E-state index in [1.54, 1.807) is 65.6 Å². The summed E-state index contributed by atoms with van der Waals surface area (Å²) >= 11 is 12.1. The Hall–Kier alpha value is -3.88. The first-order valence-electron chi connectivity index (χ1n) is 12.8. The fraction of sp³-hybridized carbons (Fsp3) is 0.233. The van der Waals surface area contributed by atoms with Crippen LogP contribution in [0.2, 0.25) is 10.0 Å². The van der Waals surface area contributed by atoms with E-state index in [9.17, 15) is 14.7 Å². The summed E-state index contributed by atoms with van der Waals surface area (Å²) < 4.78 is 22.4. The van der Waals surface area contributed by atoms with E-state index in [-0.39, 0.29) is 23.0 Å². The Morgan fingerprint density at radius 3 is 2.17 bits per heavy atom. The second-order valence-corrected chi connectivity index (χ2v) is 10.5. The molecule has 206 valence electrons. The molecular formula is C30H26Cl2FN3O4. The van der Waals surface area contributed by atoms with E-state index >= 15 is 4.39 Å². The number of rotatable bonds is 7. The Bertz CT molecular complexity index is 1530. The van der Waals surface area contributed by atoms with Crippen LogP contribution in [0.4, 0.5) is 4.39 Å². The third-order valence-electron chi connectivity index (χ3n) is 6.97.